The number of rotatable bonds is 5. The van der Waals surface area contributed by atoms with E-state index in [0.717, 1.165) is 11.3 Å². The predicted octanol–water partition coefficient (Wildman–Crippen LogP) is 4.04. The molecule has 1 aromatic carbocycles. The Morgan fingerprint density at radius 1 is 1.21 bits per heavy atom. The van der Waals surface area contributed by atoms with Crippen LogP contribution in [0.25, 0.3) is 0 Å². The van der Waals surface area contributed by atoms with Gasteiger partial charge in [-0.1, -0.05) is 18.2 Å². The second kappa shape index (κ2) is 9.73. The van der Waals surface area contributed by atoms with E-state index >= 15 is 0 Å². The zero-order valence-electron chi connectivity index (χ0n) is 11.7. The number of benzene rings is 1. The Hall–Kier alpha value is -2.27. The molecular formula is C17H20O2. The van der Waals surface area contributed by atoms with E-state index in [9.17, 15) is 4.79 Å². The lowest BCUT2D eigenvalue weighted by Gasteiger charge is -2.07. The highest BCUT2D eigenvalue weighted by Gasteiger charge is 1.99. The van der Waals surface area contributed by atoms with Crippen molar-refractivity contribution >= 4 is 5.78 Å². The van der Waals surface area contributed by atoms with E-state index in [2.05, 4.69) is 12.8 Å². The molecular weight excluding hydrogens is 236 g/mol. The predicted molar refractivity (Wildman–Crippen MR) is 80.4 cm³/mol. The van der Waals surface area contributed by atoms with E-state index in [0.29, 0.717) is 12.2 Å². The summed E-state index contributed by atoms with van der Waals surface area (Å²) in [5.74, 6) is 0.846. The molecule has 100 valence electrons. The molecule has 2 nitrogen and oxygen atoms in total. The van der Waals surface area contributed by atoms with Gasteiger partial charge in [0.25, 0.3) is 0 Å². The number of allylic oxidation sites excluding steroid dienone is 2. The Balaban J connectivity index is 0.00000154. The van der Waals surface area contributed by atoms with Crippen molar-refractivity contribution in [1.29, 1.82) is 0 Å². The number of hydrogen-bond acceptors (Lipinski definition) is 2. The minimum absolute atomic E-state index is 0.0691. The van der Waals surface area contributed by atoms with Crippen molar-refractivity contribution in [1.82, 2.24) is 0 Å². The molecule has 0 aliphatic rings. The maximum Gasteiger partial charge on any atom is 0.159 e. The minimum atomic E-state index is 0.0691. The molecule has 0 atom stereocenters. The third-order valence-corrected chi connectivity index (χ3v) is 2.42. The first kappa shape index (κ1) is 16.7. The van der Waals surface area contributed by atoms with E-state index in [-0.39, 0.29) is 5.78 Å². The number of terminal acetylenes is 1. The van der Waals surface area contributed by atoms with Crippen molar-refractivity contribution in [2.45, 2.75) is 20.8 Å². The topological polar surface area (TPSA) is 26.3 Å². The van der Waals surface area contributed by atoms with Crippen molar-refractivity contribution < 1.29 is 9.53 Å². The number of ketones is 1. The first-order valence-corrected chi connectivity index (χ1v) is 6.02. The molecule has 1 aromatic rings. The number of carbonyl (C=O) groups is 1. The van der Waals surface area contributed by atoms with Crippen molar-refractivity contribution in [2.24, 2.45) is 0 Å². The molecule has 0 N–H and O–H groups in total. The van der Waals surface area contributed by atoms with E-state index < -0.39 is 0 Å². The van der Waals surface area contributed by atoms with Crippen LogP contribution in [0.3, 0.4) is 0 Å². The monoisotopic (exact) mass is 256 g/mol. The Bertz CT molecular complexity index is 462. The minimum Gasteiger partial charge on any atom is -0.489 e. The number of Topliss-reactive ketones (excluding diaryl/α,β-unsaturated/α-hetero) is 1. The standard InChI is InChI=1S/C15H18O2.C2H2/c1-4-6-13(5-2)11-17-15-9-7-14(8-10-15)12(3)16;1-2/h4-10H,11H2,1-3H3;1-2H/b6-4-,13-5+;. The first-order chi connectivity index (χ1) is 9.17. The van der Waals surface area contributed by atoms with E-state index in [1.807, 2.05) is 44.2 Å². The van der Waals surface area contributed by atoms with Gasteiger partial charge in [-0.25, -0.2) is 0 Å². The summed E-state index contributed by atoms with van der Waals surface area (Å²) < 4.78 is 5.62. The Morgan fingerprint density at radius 2 is 1.79 bits per heavy atom. The summed E-state index contributed by atoms with van der Waals surface area (Å²) in [6, 6.07) is 7.20. The van der Waals surface area contributed by atoms with Gasteiger partial charge in [0.1, 0.15) is 12.4 Å². The molecule has 0 bridgehead atoms. The molecule has 0 unspecified atom stereocenters. The molecule has 0 spiro atoms. The van der Waals surface area contributed by atoms with Crippen molar-refractivity contribution in [2.75, 3.05) is 6.61 Å². The molecule has 0 radical (unpaired) electrons. The normalized spacial score (nSPS) is 10.7. The molecule has 2 heteroatoms. The molecule has 0 amide bonds. The molecule has 0 aliphatic carbocycles. The van der Waals surface area contributed by atoms with Crippen LogP contribution in [0.5, 0.6) is 5.75 Å². The van der Waals surface area contributed by atoms with Gasteiger partial charge in [-0.15, -0.1) is 12.8 Å². The Kier molecular flexibility index (Phi) is 8.57. The summed E-state index contributed by atoms with van der Waals surface area (Å²) >= 11 is 0. The molecule has 0 heterocycles. The number of ether oxygens (including phenoxy) is 1. The quantitative estimate of drug-likeness (QED) is 0.451. The average molecular weight is 256 g/mol. The number of carbonyl (C=O) groups excluding carboxylic acids is 1. The van der Waals surface area contributed by atoms with Crippen LogP contribution in [0, 0.1) is 12.8 Å². The SMILES string of the molecule is C#C.C/C=C\C(=C/C)COc1ccc(C(C)=O)cc1. The van der Waals surface area contributed by atoms with Crippen molar-refractivity contribution in [3.8, 4) is 18.6 Å². The third kappa shape index (κ3) is 6.28. The van der Waals surface area contributed by atoms with Crippen LogP contribution in [-0.4, -0.2) is 12.4 Å². The Morgan fingerprint density at radius 3 is 2.21 bits per heavy atom. The summed E-state index contributed by atoms with van der Waals surface area (Å²) in [6.07, 6.45) is 14.0. The van der Waals surface area contributed by atoms with Crippen LogP contribution in [0.15, 0.2) is 48.1 Å². The van der Waals surface area contributed by atoms with E-state index in [4.69, 9.17) is 4.74 Å². The van der Waals surface area contributed by atoms with Crippen LogP contribution < -0.4 is 4.74 Å². The summed E-state index contributed by atoms with van der Waals surface area (Å²) in [4.78, 5) is 11.1. The lowest BCUT2D eigenvalue weighted by Crippen LogP contribution is -2.00. The highest BCUT2D eigenvalue weighted by atomic mass is 16.5. The fourth-order valence-electron chi connectivity index (χ4n) is 1.39. The second-order valence-corrected chi connectivity index (χ2v) is 3.73. The molecule has 19 heavy (non-hydrogen) atoms. The van der Waals surface area contributed by atoms with E-state index in [1.54, 1.807) is 19.1 Å². The highest BCUT2D eigenvalue weighted by molar-refractivity contribution is 5.94. The van der Waals surface area contributed by atoms with Crippen molar-refractivity contribution in [3.63, 3.8) is 0 Å². The lowest BCUT2D eigenvalue weighted by atomic mass is 10.1. The van der Waals surface area contributed by atoms with Gasteiger partial charge in [0.15, 0.2) is 5.78 Å². The lowest BCUT2D eigenvalue weighted by molar-refractivity contribution is 0.101. The van der Waals surface area contributed by atoms with Crippen LogP contribution >= 0.6 is 0 Å². The highest BCUT2D eigenvalue weighted by Crippen LogP contribution is 2.13. The molecule has 0 saturated heterocycles. The summed E-state index contributed by atoms with van der Waals surface area (Å²) in [6.45, 7) is 6.06. The van der Waals surface area contributed by atoms with Gasteiger partial charge < -0.3 is 4.74 Å². The van der Waals surface area contributed by atoms with Gasteiger partial charge in [-0.3, -0.25) is 4.79 Å². The summed E-state index contributed by atoms with van der Waals surface area (Å²) in [5, 5.41) is 0. The van der Waals surface area contributed by atoms with Gasteiger partial charge in [0.2, 0.25) is 0 Å². The molecule has 0 aromatic heterocycles. The largest absolute Gasteiger partial charge is 0.489 e. The zero-order chi connectivity index (χ0) is 14.7. The first-order valence-electron chi connectivity index (χ1n) is 6.02. The van der Waals surface area contributed by atoms with Crippen molar-refractivity contribution in [3.05, 3.63) is 53.6 Å². The summed E-state index contributed by atoms with van der Waals surface area (Å²) in [5.41, 5.74) is 1.83. The fourth-order valence-corrected chi connectivity index (χ4v) is 1.39. The van der Waals surface area contributed by atoms with Crippen LogP contribution in [0.2, 0.25) is 0 Å². The van der Waals surface area contributed by atoms with Gasteiger partial charge in [-0.2, -0.15) is 0 Å². The van der Waals surface area contributed by atoms with Crippen LogP contribution in [0.1, 0.15) is 31.1 Å². The molecule has 1 rings (SSSR count). The number of hydrogen-bond donors (Lipinski definition) is 0. The maximum atomic E-state index is 11.1. The molecule has 0 fully saturated rings. The maximum absolute atomic E-state index is 11.1. The van der Waals surface area contributed by atoms with E-state index in [1.165, 1.54) is 0 Å². The third-order valence-electron chi connectivity index (χ3n) is 2.42. The van der Waals surface area contributed by atoms with Gasteiger partial charge >= 0.3 is 0 Å². The van der Waals surface area contributed by atoms with Crippen LogP contribution in [0.4, 0.5) is 0 Å². The molecule has 0 saturated carbocycles. The fraction of sp³-hybridized carbons (Fsp3) is 0.235. The van der Waals surface area contributed by atoms with Gasteiger partial charge in [-0.05, 0) is 50.6 Å². The smallest absolute Gasteiger partial charge is 0.159 e. The van der Waals surface area contributed by atoms with Crippen LogP contribution in [-0.2, 0) is 0 Å². The van der Waals surface area contributed by atoms with Gasteiger partial charge in [0, 0.05) is 5.56 Å². The summed E-state index contributed by atoms with van der Waals surface area (Å²) in [7, 11) is 0. The average Bonchev–Trinajstić information content (AvgIpc) is 2.46. The Labute approximate surface area is 115 Å². The molecule has 0 aliphatic heterocycles. The zero-order valence-corrected chi connectivity index (χ0v) is 11.7. The second-order valence-electron chi connectivity index (χ2n) is 3.73. The van der Waals surface area contributed by atoms with Gasteiger partial charge in [0.05, 0.1) is 0 Å².